The summed E-state index contributed by atoms with van der Waals surface area (Å²) in [6.07, 6.45) is 0.854. The van der Waals surface area contributed by atoms with Crippen molar-refractivity contribution in [2.45, 2.75) is 33.2 Å². The molecule has 0 fully saturated rings. The van der Waals surface area contributed by atoms with Crippen LogP contribution >= 0.6 is 0 Å². The number of carbonyl (C=O) groups is 1. The third kappa shape index (κ3) is 3.64. The lowest BCUT2D eigenvalue weighted by molar-refractivity contribution is 0.0931. The molecule has 3 aromatic rings. The van der Waals surface area contributed by atoms with Crippen molar-refractivity contribution < 1.29 is 13.9 Å². The lowest BCUT2D eigenvalue weighted by Crippen LogP contribution is -2.33. The van der Waals surface area contributed by atoms with Gasteiger partial charge >= 0.3 is 0 Å². The van der Waals surface area contributed by atoms with Crippen molar-refractivity contribution in [3.05, 3.63) is 53.9 Å². The maximum Gasteiger partial charge on any atom is 0.270 e. The van der Waals surface area contributed by atoms with Gasteiger partial charge in [-0.25, -0.2) is 4.68 Å². The number of carbonyl (C=O) groups excluding carboxylic acids is 1. The van der Waals surface area contributed by atoms with Crippen LogP contribution in [0.5, 0.6) is 5.75 Å². The van der Waals surface area contributed by atoms with E-state index in [-0.39, 0.29) is 11.9 Å². The first-order valence-corrected chi connectivity index (χ1v) is 8.64. The Morgan fingerprint density at radius 3 is 2.58 bits per heavy atom. The third-order valence-electron chi connectivity index (χ3n) is 4.24. The summed E-state index contributed by atoms with van der Waals surface area (Å²) in [5.74, 6) is 2.00. The van der Waals surface area contributed by atoms with E-state index in [9.17, 15) is 4.79 Å². The van der Waals surface area contributed by atoms with Gasteiger partial charge in [0.05, 0.1) is 12.8 Å². The fourth-order valence-corrected chi connectivity index (χ4v) is 2.56. The molecule has 6 heteroatoms. The van der Waals surface area contributed by atoms with E-state index in [1.54, 1.807) is 17.9 Å². The fraction of sp³-hybridized carbons (Fsp3) is 0.300. The summed E-state index contributed by atoms with van der Waals surface area (Å²) >= 11 is 0. The number of hydrogen-bond acceptors (Lipinski definition) is 4. The SMILES string of the molecule is CCC(C)NC(=O)c1cc(-c2ccc(C)o2)nn1-c1ccc(OC)cc1. The van der Waals surface area contributed by atoms with Crippen LogP contribution in [0.15, 0.2) is 46.9 Å². The first-order valence-electron chi connectivity index (χ1n) is 8.64. The van der Waals surface area contributed by atoms with Crippen LogP contribution in [0.4, 0.5) is 0 Å². The Balaban J connectivity index is 2.04. The Morgan fingerprint density at radius 1 is 1.27 bits per heavy atom. The molecule has 3 rings (SSSR count). The Bertz CT molecular complexity index is 893. The average molecular weight is 353 g/mol. The van der Waals surface area contributed by atoms with Crippen LogP contribution < -0.4 is 10.1 Å². The molecule has 6 nitrogen and oxygen atoms in total. The fourth-order valence-electron chi connectivity index (χ4n) is 2.56. The minimum atomic E-state index is -0.169. The molecule has 0 bridgehead atoms. The van der Waals surface area contributed by atoms with Crippen molar-refractivity contribution in [2.24, 2.45) is 0 Å². The molecule has 1 amide bonds. The van der Waals surface area contributed by atoms with Gasteiger partial charge in [0.1, 0.15) is 22.9 Å². The largest absolute Gasteiger partial charge is 0.497 e. The van der Waals surface area contributed by atoms with Gasteiger partial charge in [-0.05, 0) is 56.7 Å². The number of ether oxygens (including phenoxy) is 1. The van der Waals surface area contributed by atoms with Crippen molar-refractivity contribution in [1.29, 1.82) is 0 Å². The predicted molar refractivity (Wildman–Crippen MR) is 99.8 cm³/mol. The van der Waals surface area contributed by atoms with E-state index in [4.69, 9.17) is 9.15 Å². The van der Waals surface area contributed by atoms with Gasteiger partial charge in [0, 0.05) is 12.1 Å². The highest BCUT2D eigenvalue weighted by atomic mass is 16.5. The quantitative estimate of drug-likeness (QED) is 0.728. The van der Waals surface area contributed by atoms with Gasteiger partial charge in [-0.3, -0.25) is 4.79 Å². The smallest absolute Gasteiger partial charge is 0.270 e. The lowest BCUT2D eigenvalue weighted by Gasteiger charge is -2.12. The molecule has 1 N–H and O–H groups in total. The highest BCUT2D eigenvalue weighted by Crippen LogP contribution is 2.24. The molecule has 1 aromatic carbocycles. The minimum absolute atomic E-state index is 0.0797. The number of amides is 1. The molecule has 0 spiro atoms. The number of aryl methyl sites for hydroxylation is 1. The molecule has 0 saturated heterocycles. The zero-order valence-corrected chi connectivity index (χ0v) is 15.4. The van der Waals surface area contributed by atoms with Gasteiger partial charge in [-0.15, -0.1) is 0 Å². The maximum absolute atomic E-state index is 12.8. The second-order valence-corrected chi connectivity index (χ2v) is 6.22. The Hall–Kier alpha value is -3.02. The summed E-state index contributed by atoms with van der Waals surface area (Å²) in [5.41, 5.74) is 1.84. The highest BCUT2D eigenvalue weighted by Gasteiger charge is 2.20. The summed E-state index contributed by atoms with van der Waals surface area (Å²) in [6.45, 7) is 5.88. The number of rotatable bonds is 6. The minimum Gasteiger partial charge on any atom is -0.497 e. The van der Waals surface area contributed by atoms with E-state index in [1.165, 1.54) is 0 Å². The summed E-state index contributed by atoms with van der Waals surface area (Å²) in [6, 6.07) is 13.0. The Kier molecular flexibility index (Phi) is 5.11. The number of benzene rings is 1. The van der Waals surface area contributed by atoms with Gasteiger partial charge in [0.15, 0.2) is 5.76 Å². The van der Waals surface area contributed by atoms with Gasteiger partial charge in [-0.2, -0.15) is 5.10 Å². The molecule has 0 radical (unpaired) electrons. The van der Waals surface area contributed by atoms with Crippen molar-refractivity contribution in [3.8, 4) is 22.9 Å². The number of nitrogens with zero attached hydrogens (tertiary/aromatic N) is 2. The molecular formula is C20H23N3O3. The van der Waals surface area contributed by atoms with Crippen molar-refractivity contribution in [2.75, 3.05) is 7.11 Å². The molecule has 0 aliphatic rings. The van der Waals surface area contributed by atoms with Crippen molar-refractivity contribution >= 4 is 5.91 Å². The van der Waals surface area contributed by atoms with Crippen LogP contribution in [-0.2, 0) is 0 Å². The van der Waals surface area contributed by atoms with Crippen LogP contribution in [0.25, 0.3) is 17.1 Å². The molecule has 2 aromatic heterocycles. The number of methoxy groups -OCH3 is 1. The molecule has 2 heterocycles. The van der Waals surface area contributed by atoms with E-state index in [0.29, 0.717) is 17.1 Å². The van der Waals surface area contributed by atoms with Gasteiger partial charge in [0.25, 0.3) is 5.91 Å². The monoisotopic (exact) mass is 353 g/mol. The maximum atomic E-state index is 12.8. The number of hydrogen-bond donors (Lipinski definition) is 1. The predicted octanol–water partition coefficient (Wildman–Crippen LogP) is 3.98. The van der Waals surface area contributed by atoms with E-state index >= 15 is 0 Å². The van der Waals surface area contributed by atoms with E-state index in [2.05, 4.69) is 10.4 Å². The second kappa shape index (κ2) is 7.47. The lowest BCUT2D eigenvalue weighted by atomic mass is 10.2. The summed E-state index contributed by atoms with van der Waals surface area (Å²) in [5, 5.41) is 7.59. The zero-order chi connectivity index (χ0) is 18.7. The zero-order valence-electron chi connectivity index (χ0n) is 15.4. The molecule has 0 aliphatic heterocycles. The number of nitrogens with one attached hydrogen (secondary N) is 1. The van der Waals surface area contributed by atoms with Crippen LogP contribution in [-0.4, -0.2) is 28.8 Å². The van der Waals surface area contributed by atoms with Crippen molar-refractivity contribution in [3.63, 3.8) is 0 Å². The second-order valence-electron chi connectivity index (χ2n) is 6.22. The standard InChI is InChI=1S/C20H23N3O3/c1-5-13(2)21-20(24)18-12-17(19-11-6-14(3)26-19)22-23(18)15-7-9-16(25-4)10-8-15/h6-13H,5H2,1-4H3,(H,21,24). The summed E-state index contributed by atoms with van der Waals surface area (Å²) in [4.78, 5) is 12.8. The topological polar surface area (TPSA) is 69.3 Å². The van der Waals surface area contributed by atoms with E-state index in [0.717, 1.165) is 23.6 Å². The Morgan fingerprint density at radius 2 is 2.00 bits per heavy atom. The normalized spacial score (nSPS) is 12.0. The molecule has 0 saturated carbocycles. The number of furan rings is 1. The molecule has 1 unspecified atom stereocenters. The van der Waals surface area contributed by atoms with Crippen LogP contribution in [0.2, 0.25) is 0 Å². The molecule has 0 aliphatic carbocycles. The Labute approximate surface area is 152 Å². The van der Waals surface area contributed by atoms with Crippen molar-refractivity contribution in [1.82, 2.24) is 15.1 Å². The van der Waals surface area contributed by atoms with Gasteiger partial charge < -0.3 is 14.5 Å². The van der Waals surface area contributed by atoms with E-state index < -0.39 is 0 Å². The van der Waals surface area contributed by atoms with Crippen LogP contribution in [0.3, 0.4) is 0 Å². The van der Waals surface area contributed by atoms with Crippen LogP contribution in [0.1, 0.15) is 36.5 Å². The van der Waals surface area contributed by atoms with Gasteiger partial charge in [-0.1, -0.05) is 6.92 Å². The van der Waals surface area contributed by atoms with E-state index in [1.807, 2.05) is 57.2 Å². The summed E-state index contributed by atoms with van der Waals surface area (Å²) in [7, 11) is 1.62. The molecule has 136 valence electrons. The number of aromatic nitrogens is 2. The van der Waals surface area contributed by atoms with Crippen LogP contribution in [0, 0.1) is 6.92 Å². The molecule has 26 heavy (non-hydrogen) atoms. The van der Waals surface area contributed by atoms with Gasteiger partial charge in [0.2, 0.25) is 0 Å². The molecule has 1 atom stereocenters. The first-order chi connectivity index (χ1) is 12.5. The molecular weight excluding hydrogens is 330 g/mol. The summed E-state index contributed by atoms with van der Waals surface area (Å²) < 4.78 is 12.5. The average Bonchev–Trinajstić information content (AvgIpc) is 3.28. The third-order valence-corrected chi connectivity index (χ3v) is 4.24. The first kappa shape index (κ1) is 17.8. The highest BCUT2D eigenvalue weighted by molar-refractivity contribution is 5.94.